The van der Waals surface area contributed by atoms with Gasteiger partial charge in [0.25, 0.3) is 0 Å². The Morgan fingerprint density at radius 1 is 1.19 bits per heavy atom. The van der Waals surface area contributed by atoms with Crippen LogP contribution in [0.2, 0.25) is 0 Å². The van der Waals surface area contributed by atoms with Gasteiger partial charge in [-0.3, -0.25) is 0 Å². The highest BCUT2D eigenvalue weighted by Crippen LogP contribution is 2.13. The largest absolute Gasteiger partial charge is 0.497 e. The molecule has 0 atom stereocenters. The van der Waals surface area contributed by atoms with Crippen LogP contribution in [-0.2, 0) is 6.42 Å². The average Bonchev–Trinajstić information content (AvgIpc) is 2.50. The van der Waals surface area contributed by atoms with E-state index in [9.17, 15) is 0 Å². The maximum Gasteiger partial charge on any atom is 0.118 e. The molecule has 0 amide bonds. The normalized spacial score (nSPS) is 16.5. The maximum absolute atomic E-state index is 5.18. The van der Waals surface area contributed by atoms with Crippen molar-refractivity contribution in [3.05, 3.63) is 29.8 Å². The fourth-order valence-electron chi connectivity index (χ4n) is 2.89. The summed E-state index contributed by atoms with van der Waals surface area (Å²) in [6, 6.07) is 9.10. The van der Waals surface area contributed by atoms with E-state index in [1.54, 1.807) is 7.11 Å². The first-order valence-corrected chi connectivity index (χ1v) is 7.90. The van der Waals surface area contributed by atoms with Crippen molar-refractivity contribution < 1.29 is 4.74 Å². The summed E-state index contributed by atoms with van der Waals surface area (Å²) >= 11 is 0. The van der Waals surface area contributed by atoms with Crippen molar-refractivity contribution in [2.45, 2.75) is 38.6 Å². The molecule has 2 rings (SSSR count). The van der Waals surface area contributed by atoms with E-state index < -0.39 is 0 Å². The van der Waals surface area contributed by atoms with Gasteiger partial charge in [-0.1, -0.05) is 19.1 Å². The summed E-state index contributed by atoms with van der Waals surface area (Å²) in [5, 5.41) is 3.70. The summed E-state index contributed by atoms with van der Waals surface area (Å²) < 4.78 is 5.18. The highest BCUT2D eigenvalue weighted by molar-refractivity contribution is 5.85. The van der Waals surface area contributed by atoms with Gasteiger partial charge in [-0.25, -0.2) is 0 Å². The molecule has 0 bridgehead atoms. The maximum atomic E-state index is 5.18. The lowest BCUT2D eigenvalue weighted by molar-refractivity contribution is 0.198. The SMILES string of the molecule is CCCN1CCC(NCCc2ccc(OC)cc2)CC1.Cl. The molecule has 1 aromatic carbocycles. The summed E-state index contributed by atoms with van der Waals surface area (Å²) in [4.78, 5) is 2.58. The first kappa shape index (κ1) is 18.3. The summed E-state index contributed by atoms with van der Waals surface area (Å²) in [6.07, 6.45) is 4.96. The number of benzene rings is 1. The van der Waals surface area contributed by atoms with Gasteiger partial charge in [0.2, 0.25) is 0 Å². The number of halogens is 1. The van der Waals surface area contributed by atoms with Crippen molar-refractivity contribution in [1.29, 1.82) is 0 Å². The van der Waals surface area contributed by atoms with Gasteiger partial charge in [-0.05, 0) is 69.6 Å². The Labute approximate surface area is 135 Å². The molecular formula is C17H29ClN2O. The first-order chi connectivity index (χ1) is 9.81. The van der Waals surface area contributed by atoms with Crippen LogP contribution in [0, 0.1) is 0 Å². The molecule has 0 aliphatic carbocycles. The van der Waals surface area contributed by atoms with Gasteiger partial charge in [0.1, 0.15) is 5.75 Å². The van der Waals surface area contributed by atoms with E-state index >= 15 is 0 Å². The molecule has 1 aliphatic rings. The number of piperidine rings is 1. The molecule has 4 heteroatoms. The van der Waals surface area contributed by atoms with Crippen molar-refractivity contribution in [1.82, 2.24) is 10.2 Å². The molecule has 3 nitrogen and oxygen atoms in total. The minimum absolute atomic E-state index is 0. The number of nitrogens with zero attached hydrogens (tertiary/aromatic N) is 1. The van der Waals surface area contributed by atoms with Crippen LogP contribution in [0.3, 0.4) is 0 Å². The molecule has 1 N–H and O–H groups in total. The fraction of sp³-hybridized carbons (Fsp3) is 0.647. The van der Waals surface area contributed by atoms with Crippen LogP contribution in [-0.4, -0.2) is 44.2 Å². The number of ether oxygens (including phenoxy) is 1. The van der Waals surface area contributed by atoms with Gasteiger partial charge >= 0.3 is 0 Å². The van der Waals surface area contributed by atoms with Gasteiger partial charge < -0.3 is 15.0 Å². The topological polar surface area (TPSA) is 24.5 Å². The third kappa shape index (κ3) is 6.25. The van der Waals surface area contributed by atoms with E-state index in [0.29, 0.717) is 6.04 Å². The molecule has 0 radical (unpaired) electrons. The molecule has 120 valence electrons. The number of rotatable bonds is 7. The molecule has 0 unspecified atom stereocenters. The number of hydrogen-bond acceptors (Lipinski definition) is 3. The fourth-order valence-corrected chi connectivity index (χ4v) is 2.89. The Balaban J connectivity index is 0.00000220. The second-order valence-corrected chi connectivity index (χ2v) is 5.67. The summed E-state index contributed by atoms with van der Waals surface area (Å²) in [5.41, 5.74) is 1.38. The van der Waals surface area contributed by atoms with Gasteiger partial charge in [0.15, 0.2) is 0 Å². The Kier molecular flexibility index (Phi) is 8.74. The molecule has 0 spiro atoms. The number of methoxy groups -OCH3 is 1. The predicted molar refractivity (Wildman–Crippen MR) is 91.7 cm³/mol. The van der Waals surface area contributed by atoms with E-state index in [2.05, 4.69) is 29.3 Å². The Morgan fingerprint density at radius 2 is 1.86 bits per heavy atom. The smallest absolute Gasteiger partial charge is 0.118 e. The highest BCUT2D eigenvalue weighted by atomic mass is 35.5. The zero-order chi connectivity index (χ0) is 14.2. The van der Waals surface area contributed by atoms with E-state index in [1.165, 1.54) is 44.5 Å². The zero-order valence-corrected chi connectivity index (χ0v) is 14.1. The standard InChI is InChI=1S/C17H28N2O.ClH/c1-3-12-19-13-9-16(10-14-19)18-11-8-15-4-6-17(20-2)7-5-15;/h4-7,16,18H,3,8-14H2,1-2H3;1H. The minimum atomic E-state index is 0. The predicted octanol–water partition coefficient (Wildman–Crippen LogP) is 3.12. The van der Waals surface area contributed by atoms with Gasteiger partial charge in [0, 0.05) is 6.04 Å². The quantitative estimate of drug-likeness (QED) is 0.837. The molecule has 1 heterocycles. The van der Waals surface area contributed by atoms with Crippen molar-refractivity contribution in [2.75, 3.05) is 33.3 Å². The zero-order valence-electron chi connectivity index (χ0n) is 13.3. The number of hydrogen-bond donors (Lipinski definition) is 1. The van der Waals surface area contributed by atoms with Gasteiger partial charge in [-0.2, -0.15) is 0 Å². The van der Waals surface area contributed by atoms with Crippen molar-refractivity contribution >= 4 is 12.4 Å². The Bertz CT molecular complexity index is 375. The van der Waals surface area contributed by atoms with E-state index in [-0.39, 0.29) is 12.4 Å². The van der Waals surface area contributed by atoms with E-state index in [1.807, 2.05) is 12.1 Å². The molecule has 0 saturated carbocycles. The van der Waals surface area contributed by atoms with Crippen LogP contribution < -0.4 is 10.1 Å². The van der Waals surface area contributed by atoms with Crippen LogP contribution in [0.5, 0.6) is 5.75 Å². The molecule has 1 aromatic rings. The lowest BCUT2D eigenvalue weighted by Gasteiger charge is -2.32. The Morgan fingerprint density at radius 3 is 2.43 bits per heavy atom. The van der Waals surface area contributed by atoms with Crippen molar-refractivity contribution in [3.63, 3.8) is 0 Å². The monoisotopic (exact) mass is 312 g/mol. The lowest BCUT2D eigenvalue weighted by atomic mass is 10.0. The number of likely N-dealkylation sites (tertiary alicyclic amines) is 1. The van der Waals surface area contributed by atoms with Crippen LogP contribution in [0.15, 0.2) is 24.3 Å². The molecule has 1 fully saturated rings. The summed E-state index contributed by atoms with van der Waals surface area (Å²) in [7, 11) is 1.71. The van der Waals surface area contributed by atoms with Crippen molar-refractivity contribution in [3.8, 4) is 5.75 Å². The van der Waals surface area contributed by atoms with Crippen molar-refractivity contribution in [2.24, 2.45) is 0 Å². The molecule has 1 saturated heterocycles. The van der Waals surface area contributed by atoms with Crippen LogP contribution in [0.1, 0.15) is 31.7 Å². The van der Waals surface area contributed by atoms with E-state index in [0.717, 1.165) is 18.7 Å². The van der Waals surface area contributed by atoms with Gasteiger partial charge in [-0.15, -0.1) is 12.4 Å². The second kappa shape index (κ2) is 10.0. The Hall–Kier alpha value is -0.770. The minimum Gasteiger partial charge on any atom is -0.497 e. The highest BCUT2D eigenvalue weighted by Gasteiger charge is 2.17. The summed E-state index contributed by atoms with van der Waals surface area (Å²) in [5.74, 6) is 0.935. The first-order valence-electron chi connectivity index (χ1n) is 7.90. The molecular weight excluding hydrogens is 284 g/mol. The molecule has 0 aromatic heterocycles. The third-order valence-corrected chi connectivity index (χ3v) is 4.13. The van der Waals surface area contributed by atoms with Crippen LogP contribution in [0.4, 0.5) is 0 Å². The lowest BCUT2D eigenvalue weighted by Crippen LogP contribution is -2.43. The number of nitrogens with one attached hydrogen (secondary N) is 1. The molecule has 1 aliphatic heterocycles. The second-order valence-electron chi connectivity index (χ2n) is 5.67. The van der Waals surface area contributed by atoms with Gasteiger partial charge in [0.05, 0.1) is 7.11 Å². The van der Waals surface area contributed by atoms with E-state index in [4.69, 9.17) is 4.74 Å². The summed E-state index contributed by atoms with van der Waals surface area (Å²) in [6.45, 7) is 7.12. The van der Waals surface area contributed by atoms with Crippen LogP contribution >= 0.6 is 12.4 Å². The molecule has 21 heavy (non-hydrogen) atoms. The average molecular weight is 313 g/mol. The third-order valence-electron chi connectivity index (χ3n) is 4.13. The van der Waals surface area contributed by atoms with Crippen LogP contribution in [0.25, 0.3) is 0 Å².